The minimum atomic E-state index is -0.442. The van der Waals surface area contributed by atoms with Crippen LogP contribution in [0.3, 0.4) is 0 Å². The highest BCUT2D eigenvalue weighted by Crippen LogP contribution is 2.38. The molecule has 0 aromatic heterocycles. The number of carbonyl (C=O) groups is 1. The summed E-state index contributed by atoms with van der Waals surface area (Å²) in [6.45, 7) is 0.851. The zero-order valence-corrected chi connectivity index (χ0v) is 18.5. The van der Waals surface area contributed by atoms with Crippen molar-refractivity contribution in [2.24, 2.45) is 0 Å². The number of non-ortho nitro benzene ring substituents is 2. The number of anilines is 1. The lowest BCUT2D eigenvalue weighted by Crippen LogP contribution is -2.22. The van der Waals surface area contributed by atoms with Crippen molar-refractivity contribution in [2.45, 2.75) is 13.1 Å². The summed E-state index contributed by atoms with van der Waals surface area (Å²) >= 11 is 0. The fourth-order valence-electron chi connectivity index (χ4n) is 4.34. The molecular weight excluding hydrogens is 446 g/mol. The first kappa shape index (κ1) is 22.0. The van der Waals surface area contributed by atoms with E-state index < -0.39 is 9.85 Å². The van der Waals surface area contributed by atoms with Gasteiger partial charge in [-0.3, -0.25) is 25.0 Å². The topological polar surface area (TPSA) is 107 Å². The van der Waals surface area contributed by atoms with Gasteiger partial charge >= 0.3 is 0 Å². The van der Waals surface area contributed by atoms with Gasteiger partial charge in [-0.1, -0.05) is 54.6 Å². The Labute approximate surface area is 200 Å². The SMILES string of the molecule is O=C1c2ccccc2-c2ccc(N(Cc3ccc([N+](=O)[O-])cc3)Cc3ccc([N+](=O)[O-])cc3)cc21. The maximum absolute atomic E-state index is 13.0. The molecule has 4 aromatic rings. The van der Waals surface area contributed by atoms with Crippen molar-refractivity contribution < 1.29 is 14.6 Å². The summed E-state index contributed by atoms with van der Waals surface area (Å²) in [6, 6.07) is 25.9. The van der Waals surface area contributed by atoms with Crippen LogP contribution in [0, 0.1) is 20.2 Å². The lowest BCUT2D eigenvalue weighted by molar-refractivity contribution is -0.385. The van der Waals surface area contributed by atoms with Crippen molar-refractivity contribution in [3.63, 3.8) is 0 Å². The molecule has 0 heterocycles. The van der Waals surface area contributed by atoms with Crippen LogP contribution < -0.4 is 4.90 Å². The normalized spacial score (nSPS) is 11.6. The van der Waals surface area contributed by atoms with E-state index in [1.165, 1.54) is 24.3 Å². The van der Waals surface area contributed by atoms with Gasteiger partial charge in [-0.25, -0.2) is 0 Å². The van der Waals surface area contributed by atoms with Crippen LogP contribution in [0.4, 0.5) is 17.1 Å². The second-order valence-electron chi connectivity index (χ2n) is 8.31. The van der Waals surface area contributed by atoms with Crippen molar-refractivity contribution in [1.29, 1.82) is 0 Å². The average Bonchev–Trinajstić information content (AvgIpc) is 3.16. The molecule has 35 heavy (non-hydrogen) atoms. The van der Waals surface area contributed by atoms with Gasteiger partial charge in [0.15, 0.2) is 5.78 Å². The minimum Gasteiger partial charge on any atom is -0.363 e. The number of nitro benzene ring substituents is 2. The predicted octanol–water partition coefficient (Wildman–Crippen LogP) is 5.92. The van der Waals surface area contributed by atoms with Crippen LogP contribution in [0.2, 0.25) is 0 Å². The van der Waals surface area contributed by atoms with Crippen molar-refractivity contribution in [2.75, 3.05) is 4.90 Å². The summed E-state index contributed by atoms with van der Waals surface area (Å²) in [5.41, 5.74) is 5.64. The summed E-state index contributed by atoms with van der Waals surface area (Å²) in [5.74, 6) is -0.0249. The molecule has 0 radical (unpaired) electrons. The third kappa shape index (κ3) is 4.24. The number of hydrogen-bond acceptors (Lipinski definition) is 6. The molecule has 0 unspecified atom stereocenters. The molecule has 0 aliphatic heterocycles. The fourth-order valence-corrected chi connectivity index (χ4v) is 4.34. The number of carbonyl (C=O) groups excluding carboxylic acids is 1. The first-order valence-corrected chi connectivity index (χ1v) is 10.9. The van der Waals surface area contributed by atoms with Crippen molar-refractivity contribution >= 4 is 22.8 Å². The molecule has 0 N–H and O–H groups in total. The number of nitrogens with zero attached hydrogens (tertiary/aromatic N) is 3. The summed E-state index contributed by atoms with van der Waals surface area (Å²) in [7, 11) is 0. The van der Waals surface area contributed by atoms with Crippen molar-refractivity contribution in [1.82, 2.24) is 0 Å². The van der Waals surface area contributed by atoms with E-state index in [0.717, 1.165) is 27.9 Å². The molecule has 172 valence electrons. The Hall–Kier alpha value is -4.85. The zero-order valence-electron chi connectivity index (χ0n) is 18.5. The van der Waals surface area contributed by atoms with E-state index in [4.69, 9.17) is 0 Å². The monoisotopic (exact) mass is 465 g/mol. The number of hydrogen-bond donors (Lipinski definition) is 0. The van der Waals surface area contributed by atoms with Crippen LogP contribution >= 0.6 is 0 Å². The molecule has 0 atom stereocenters. The van der Waals surface area contributed by atoms with Gasteiger partial charge in [0, 0.05) is 54.2 Å². The molecule has 1 aliphatic rings. The average molecular weight is 465 g/mol. The quantitative estimate of drug-likeness (QED) is 0.218. The molecule has 5 rings (SSSR count). The Morgan fingerprint density at radius 1 is 0.600 bits per heavy atom. The number of nitro groups is 2. The van der Waals surface area contributed by atoms with Crippen LogP contribution in [-0.2, 0) is 13.1 Å². The lowest BCUT2D eigenvalue weighted by Gasteiger charge is -2.26. The Bertz CT molecular complexity index is 1400. The van der Waals surface area contributed by atoms with Gasteiger partial charge in [-0.2, -0.15) is 0 Å². The molecule has 0 fully saturated rings. The van der Waals surface area contributed by atoms with Gasteiger partial charge in [0.25, 0.3) is 11.4 Å². The van der Waals surface area contributed by atoms with Gasteiger partial charge in [-0.15, -0.1) is 0 Å². The van der Waals surface area contributed by atoms with Gasteiger partial charge in [-0.05, 0) is 34.4 Å². The summed E-state index contributed by atoms with van der Waals surface area (Å²) < 4.78 is 0. The van der Waals surface area contributed by atoms with Crippen molar-refractivity contribution in [3.05, 3.63) is 133 Å². The molecule has 0 spiro atoms. The highest BCUT2D eigenvalue weighted by atomic mass is 16.6. The fraction of sp³-hybridized carbons (Fsp3) is 0.0741. The van der Waals surface area contributed by atoms with Crippen LogP contribution in [0.25, 0.3) is 11.1 Å². The molecule has 1 aliphatic carbocycles. The largest absolute Gasteiger partial charge is 0.363 e. The van der Waals surface area contributed by atoms with E-state index in [0.29, 0.717) is 24.2 Å². The first-order valence-electron chi connectivity index (χ1n) is 10.9. The first-order chi connectivity index (χ1) is 16.9. The molecule has 0 saturated heterocycles. The maximum Gasteiger partial charge on any atom is 0.269 e. The van der Waals surface area contributed by atoms with E-state index in [1.807, 2.05) is 47.4 Å². The standard InChI is InChI=1S/C27H19N3O5/c31-27-25-4-2-1-3-23(25)24-14-13-22(15-26(24)27)28(16-18-5-9-20(10-6-18)29(32)33)17-19-7-11-21(12-8-19)30(34)35/h1-15H,16-17H2. The van der Waals surface area contributed by atoms with E-state index in [9.17, 15) is 25.0 Å². The molecule has 0 bridgehead atoms. The minimum absolute atomic E-state index is 0.0107. The third-order valence-electron chi connectivity index (χ3n) is 6.12. The van der Waals surface area contributed by atoms with Crippen LogP contribution in [0.1, 0.15) is 27.0 Å². The van der Waals surface area contributed by atoms with Gasteiger partial charge in [0.1, 0.15) is 0 Å². The molecule has 0 saturated carbocycles. The van der Waals surface area contributed by atoms with Crippen molar-refractivity contribution in [3.8, 4) is 11.1 Å². The summed E-state index contributed by atoms with van der Waals surface area (Å²) in [5, 5.41) is 22.0. The maximum atomic E-state index is 13.0. The number of ketones is 1. The van der Waals surface area contributed by atoms with Gasteiger partial charge in [0.2, 0.25) is 0 Å². The van der Waals surface area contributed by atoms with Gasteiger partial charge in [0.05, 0.1) is 9.85 Å². The Balaban J connectivity index is 1.50. The van der Waals surface area contributed by atoms with E-state index >= 15 is 0 Å². The zero-order chi connectivity index (χ0) is 24.5. The lowest BCUT2D eigenvalue weighted by atomic mass is 10.0. The predicted molar refractivity (Wildman–Crippen MR) is 131 cm³/mol. The molecular formula is C27H19N3O5. The number of rotatable bonds is 7. The van der Waals surface area contributed by atoms with E-state index in [-0.39, 0.29) is 17.2 Å². The number of benzene rings is 4. The molecule has 8 nitrogen and oxygen atoms in total. The number of fused-ring (bicyclic) bond motifs is 3. The summed E-state index contributed by atoms with van der Waals surface area (Å²) in [4.78, 5) is 36.2. The highest BCUT2D eigenvalue weighted by molar-refractivity contribution is 6.22. The van der Waals surface area contributed by atoms with E-state index in [2.05, 4.69) is 0 Å². The Kier molecular flexibility index (Phi) is 5.54. The molecule has 0 amide bonds. The smallest absolute Gasteiger partial charge is 0.269 e. The summed E-state index contributed by atoms with van der Waals surface area (Å²) in [6.07, 6.45) is 0. The van der Waals surface area contributed by atoms with Gasteiger partial charge < -0.3 is 4.90 Å². The molecule has 8 heteroatoms. The second kappa shape index (κ2) is 8.83. The molecule has 4 aromatic carbocycles. The van der Waals surface area contributed by atoms with Crippen LogP contribution in [0.15, 0.2) is 91.0 Å². The Morgan fingerprint density at radius 3 is 1.60 bits per heavy atom. The van der Waals surface area contributed by atoms with Crippen LogP contribution in [-0.4, -0.2) is 15.6 Å². The van der Waals surface area contributed by atoms with E-state index in [1.54, 1.807) is 24.3 Å². The van der Waals surface area contributed by atoms with Crippen LogP contribution in [0.5, 0.6) is 0 Å². The second-order valence-corrected chi connectivity index (χ2v) is 8.31. The highest BCUT2D eigenvalue weighted by Gasteiger charge is 2.27. The third-order valence-corrected chi connectivity index (χ3v) is 6.12. The Morgan fingerprint density at radius 2 is 1.09 bits per heavy atom.